The number of carbonyl (C=O) groups excluding carboxylic acids is 2. The molecule has 1 aromatic heterocycles. The summed E-state index contributed by atoms with van der Waals surface area (Å²) < 4.78 is 16.4. The van der Waals surface area contributed by atoms with Gasteiger partial charge in [-0.3, -0.25) is 5.41 Å². The van der Waals surface area contributed by atoms with E-state index in [9.17, 15) is 9.59 Å². The summed E-state index contributed by atoms with van der Waals surface area (Å²) in [4.78, 5) is 33.3. The number of benzene rings is 1. The molecule has 0 bridgehead atoms. The topological polar surface area (TPSA) is 140 Å². The number of hydrogen-bond acceptors (Lipinski definition) is 7. The maximum atomic E-state index is 13.0. The first kappa shape index (κ1) is 29.8. The number of ether oxygens (including phenoxy) is 3. The summed E-state index contributed by atoms with van der Waals surface area (Å²) in [6.45, 7) is 6.62. The molecule has 0 atom stereocenters. The lowest BCUT2D eigenvalue weighted by Crippen LogP contribution is -2.33. The van der Waals surface area contributed by atoms with E-state index >= 15 is 0 Å². The van der Waals surface area contributed by atoms with Crippen LogP contribution in [0.5, 0.6) is 0 Å². The number of hydrogen-bond donors (Lipinski definition) is 3. The fourth-order valence-electron chi connectivity index (χ4n) is 6.15. The monoisotopic (exact) mass is 574 g/mol. The summed E-state index contributed by atoms with van der Waals surface area (Å²) >= 11 is 0. The van der Waals surface area contributed by atoms with Gasteiger partial charge < -0.3 is 24.9 Å². The van der Waals surface area contributed by atoms with Crippen LogP contribution in [0.2, 0.25) is 0 Å². The number of imidazole rings is 1. The van der Waals surface area contributed by atoms with E-state index in [2.05, 4.69) is 16.0 Å². The van der Waals surface area contributed by atoms with Gasteiger partial charge in [0.15, 0.2) is 0 Å². The molecule has 0 unspecified atom stereocenters. The molecule has 0 radical (unpaired) electrons. The highest BCUT2D eigenvalue weighted by atomic mass is 16.6. The van der Waals surface area contributed by atoms with Crippen molar-refractivity contribution in [3.8, 4) is 11.4 Å². The van der Waals surface area contributed by atoms with Crippen molar-refractivity contribution in [1.29, 1.82) is 5.41 Å². The molecular formula is C33H42N4O5. The minimum Gasteiger partial charge on any atom is -0.465 e. The first-order valence-electron chi connectivity index (χ1n) is 14.9. The number of rotatable bonds is 11. The number of H-pyrrole nitrogens is 1. The third-order valence-corrected chi connectivity index (χ3v) is 9.05. The lowest BCUT2D eigenvalue weighted by molar-refractivity contribution is -0.142. The van der Waals surface area contributed by atoms with Crippen LogP contribution in [0.15, 0.2) is 41.1 Å². The van der Waals surface area contributed by atoms with Crippen LogP contribution < -0.4 is 5.73 Å². The van der Waals surface area contributed by atoms with Crippen molar-refractivity contribution in [1.82, 2.24) is 9.97 Å². The average Bonchev–Trinajstić information content (AvgIpc) is 3.34. The summed E-state index contributed by atoms with van der Waals surface area (Å²) in [5.41, 5.74) is 12.3. The van der Waals surface area contributed by atoms with Crippen LogP contribution in [0.4, 0.5) is 0 Å². The van der Waals surface area contributed by atoms with Crippen LogP contribution in [0.1, 0.15) is 91.9 Å². The number of aromatic amines is 1. The number of aryl methyl sites for hydroxylation is 1. The van der Waals surface area contributed by atoms with E-state index in [4.69, 9.17) is 25.4 Å². The molecule has 5 rings (SSSR count). The number of carbonyl (C=O) groups is 2. The number of esters is 2. The van der Waals surface area contributed by atoms with Crippen molar-refractivity contribution in [3.63, 3.8) is 0 Å². The van der Waals surface area contributed by atoms with E-state index in [-0.39, 0.29) is 31.6 Å². The molecule has 2 fully saturated rings. The number of aromatic nitrogens is 2. The number of nitrogens with zero attached hydrogens (tertiary/aromatic N) is 1. The van der Waals surface area contributed by atoms with Crippen LogP contribution in [0, 0.1) is 23.7 Å². The van der Waals surface area contributed by atoms with Gasteiger partial charge >= 0.3 is 11.9 Å². The molecule has 224 valence electrons. The normalized spacial score (nSPS) is 18.6. The molecular weight excluding hydrogens is 532 g/mol. The molecule has 42 heavy (non-hydrogen) atoms. The van der Waals surface area contributed by atoms with Gasteiger partial charge in [0.1, 0.15) is 18.3 Å². The molecule has 9 heteroatoms. The van der Waals surface area contributed by atoms with Crippen LogP contribution in [0.3, 0.4) is 0 Å². The van der Waals surface area contributed by atoms with Gasteiger partial charge in [0.25, 0.3) is 0 Å². The van der Waals surface area contributed by atoms with Gasteiger partial charge in [0, 0.05) is 22.1 Å². The third-order valence-electron chi connectivity index (χ3n) is 9.05. The Labute approximate surface area is 247 Å². The second-order valence-electron chi connectivity index (χ2n) is 12.4. The predicted molar refractivity (Wildman–Crippen MR) is 160 cm³/mol. The smallest absolute Gasteiger partial charge is 0.338 e. The standard InChI is InChI=1S/C33H42N4O5/c1-19-13-24(20-7-5-8-20)26(14-23(19)31(38)40-4)30-36-17-22(37-30)18-41-11-12-42-32(39)28-15-25(29(34)35)27(16-33(28,2)3)21-9-6-10-21/h13-15,17,20-21H,5-12,16,18H2,1-4H3,(H3,34,35)(H,36,37). The molecule has 1 heterocycles. The Morgan fingerprint density at radius 2 is 1.81 bits per heavy atom. The molecule has 9 nitrogen and oxygen atoms in total. The Hall–Kier alpha value is -3.72. The quantitative estimate of drug-likeness (QED) is 0.132. The SMILES string of the molecule is COC(=O)c1cc(-c2ncc(COCCOC(=O)C3=CC(C(=N)N)=C(C4CCC4)CC3(C)C)[nH]2)c(C2CCC2)cc1C. The van der Waals surface area contributed by atoms with Crippen molar-refractivity contribution < 1.29 is 23.8 Å². The zero-order chi connectivity index (χ0) is 30.0. The fourth-order valence-corrected chi connectivity index (χ4v) is 6.15. The molecule has 4 N–H and O–H groups in total. The second-order valence-corrected chi connectivity index (χ2v) is 12.4. The summed E-state index contributed by atoms with van der Waals surface area (Å²) in [6, 6.07) is 3.96. The number of nitrogens with one attached hydrogen (secondary N) is 2. The van der Waals surface area contributed by atoms with E-state index in [1.807, 2.05) is 26.8 Å². The van der Waals surface area contributed by atoms with Crippen LogP contribution in [0.25, 0.3) is 11.4 Å². The van der Waals surface area contributed by atoms with Crippen LogP contribution in [-0.2, 0) is 25.6 Å². The summed E-state index contributed by atoms with van der Waals surface area (Å²) in [5.74, 6) is 0.850. The van der Waals surface area contributed by atoms with Crippen molar-refractivity contribution in [2.75, 3.05) is 20.3 Å². The Kier molecular flexibility index (Phi) is 8.68. The molecule has 2 aromatic rings. The maximum absolute atomic E-state index is 13.0. The minimum atomic E-state index is -0.400. The summed E-state index contributed by atoms with van der Waals surface area (Å²) in [6.07, 6.45) is 11.1. The zero-order valence-corrected chi connectivity index (χ0v) is 25.1. The fraction of sp³-hybridized carbons (Fsp3) is 0.515. The number of amidine groups is 1. The van der Waals surface area contributed by atoms with Crippen LogP contribution in [-0.4, -0.2) is 48.1 Å². The van der Waals surface area contributed by atoms with Crippen LogP contribution >= 0.6 is 0 Å². The second kappa shape index (κ2) is 12.3. The molecule has 1 aromatic carbocycles. The minimum absolute atomic E-state index is 0.00641. The van der Waals surface area contributed by atoms with Crippen molar-refractivity contribution >= 4 is 17.8 Å². The highest BCUT2D eigenvalue weighted by molar-refractivity contribution is 6.02. The Morgan fingerprint density at radius 1 is 1.10 bits per heavy atom. The van der Waals surface area contributed by atoms with Gasteiger partial charge in [0.05, 0.1) is 37.8 Å². The molecule has 0 amide bonds. The van der Waals surface area contributed by atoms with Crippen molar-refractivity contribution in [2.45, 2.75) is 78.2 Å². The molecule has 0 aliphatic heterocycles. The predicted octanol–water partition coefficient (Wildman–Crippen LogP) is 5.89. The van der Waals surface area contributed by atoms with Crippen molar-refractivity contribution in [3.05, 3.63) is 63.5 Å². The van der Waals surface area contributed by atoms with Gasteiger partial charge in [-0.1, -0.05) is 38.3 Å². The van der Waals surface area contributed by atoms with Crippen molar-refractivity contribution in [2.24, 2.45) is 17.1 Å². The van der Waals surface area contributed by atoms with Gasteiger partial charge in [0.2, 0.25) is 0 Å². The molecule has 0 spiro atoms. The van der Waals surface area contributed by atoms with E-state index in [1.165, 1.54) is 31.1 Å². The van der Waals surface area contributed by atoms with Gasteiger partial charge in [-0.05, 0) is 74.1 Å². The molecule has 2 saturated carbocycles. The maximum Gasteiger partial charge on any atom is 0.338 e. The Morgan fingerprint density at radius 3 is 2.43 bits per heavy atom. The Bertz CT molecular complexity index is 1440. The highest BCUT2D eigenvalue weighted by Gasteiger charge is 2.39. The third kappa shape index (κ3) is 6.07. The lowest BCUT2D eigenvalue weighted by atomic mass is 9.66. The first-order chi connectivity index (χ1) is 20.1. The zero-order valence-electron chi connectivity index (χ0n) is 25.1. The molecule has 3 aliphatic rings. The number of allylic oxidation sites excluding steroid dienone is 1. The number of methoxy groups -OCH3 is 1. The summed E-state index contributed by atoms with van der Waals surface area (Å²) in [7, 11) is 1.39. The summed E-state index contributed by atoms with van der Waals surface area (Å²) in [5, 5.41) is 8.07. The highest BCUT2D eigenvalue weighted by Crippen LogP contribution is 2.47. The van der Waals surface area contributed by atoms with E-state index < -0.39 is 11.4 Å². The van der Waals surface area contributed by atoms with E-state index in [0.717, 1.165) is 42.5 Å². The largest absolute Gasteiger partial charge is 0.465 e. The average molecular weight is 575 g/mol. The number of nitrogens with two attached hydrogens (primary N) is 1. The van der Waals surface area contributed by atoms with E-state index in [1.54, 1.807) is 12.3 Å². The first-order valence-corrected chi connectivity index (χ1v) is 14.9. The van der Waals surface area contributed by atoms with E-state index in [0.29, 0.717) is 40.8 Å². The lowest BCUT2D eigenvalue weighted by Gasteiger charge is -2.39. The molecule has 0 saturated heterocycles. The van der Waals surface area contributed by atoms with Gasteiger partial charge in [-0.2, -0.15) is 0 Å². The molecule has 3 aliphatic carbocycles. The van der Waals surface area contributed by atoms with Gasteiger partial charge in [-0.25, -0.2) is 14.6 Å². The Balaban J connectivity index is 1.19. The van der Waals surface area contributed by atoms with Gasteiger partial charge in [-0.15, -0.1) is 0 Å².